The first-order valence-electron chi connectivity index (χ1n) is 7.14. The Labute approximate surface area is 138 Å². The first-order valence-corrected chi connectivity index (χ1v) is 7.96. The molecule has 0 aliphatic heterocycles. The average molecular weight is 324 g/mol. The molecule has 4 nitrogen and oxygen atoms in total. The van der Waals surface area contributed by atoms with Gasteiger partial charge >= 0.3 is 0 Å². The van der Waals surface area contributed by atoms with Crippen LogP contribution < -0.4 is 10.2 Å². The third-order valence-corrected chi connectivity index (χ3v) is 4.77. The second-order valence-electron chi connectivity index (χ2n) is 5.02. The van der Waals surface area contributed by atoms with Gasteiger partial charge in [0.1, 0.15) is 5.75 Å². The maximum Gasteiger partial charge on any atom is 0.271 e. The predicted octanol–water partition coefficient (Wildman–Crippen LogP) is 3.98. The molecule has 0 spiro atoms. The summed E-state index contributed by atoms with van der Waals surface area (Å²) < 4.78 is 6.32. The van der Waals surface area contributed by atoms with Gasteiger partial charge in [0.25, 0.3) is 5.91 Å². The first-order chi connectivity index (χ1) is 11.2. The van der Waals surface area contributed by atoms with Crippen LogP contribution in [0.15, 0.2) is 53.6 Å². The summed E-state index contributed by atoms with van der Waals surface area (Å²) in [4.78, 5) is 13.1. The van der Waals surface area contributed by atoms with E-state index in [0.717, 1.165) is 4.88 Å². The Kier molecular flexibility index (Phi) is 4.39. The third-order valence-electron chi connectivity index (χ3n) is 3.56. The van der Waals surface area contributed by atoms with E-state index < -0.39 is 0 Å². The minimum absolute atomic E-state index is 0.265. The van der Waals surface area contributed by atoms with Crippen LogP contribution in [-0.2, 0) is 0 Å². The Balaban J connectivity index is 1.74. The smallest absolute Gasteiger partial charge is 0.271 e. The zero-order chi connectivity index (χ0) is 16.2. The maximum absolute atomic E-state index is 12.1. The molecular formula is C18H16N2O2S. The molecule has 1 N–H and O–H groups in total. The fourth-order valence-corrected chi connectivity index (χ4v) is 3.38. The molecule has 0 aliphatic carbocycles. The van der Waals surface area contributed by atoms with Gasteiger partial charge in [-0.25, -0.2) is 5.43 Å². The number of carbonyl (C=O) groups excluding carboxylic acids is 1. The van der Waals surface area contributed by atoms with Gasteiger partial charge in [-0.05, 0) is 42.1 Å². The van der Waals surface area contributed by atoms with Gasteiger partial charge in [-0.3, -0.25) is 4.79 Å². The van der Waals surface area contributed by atoms with Crippen LogP contribution in [0.5, 0.6) is 5.75 Å². The highest BCUT2D eigenvalue weighted by molar-refractivity contribution is 7.20. The number of aryl methyl sites for hydroxylation is 1. The van der Waals surface area contributed by atoms with Gasteiger partial charge in [-0.15, -0.1) is 11.3 Å². The lowest BCUT2D eigenvalue weighted by molar-refractivity contribution is 0.0955. The number of nitrogens with one attached hydrogen (secondary N) is 1. The molecule has 0 fully saturated rings. The van der Waals surface area contributed by atoms with Crippen molar-refractivity contribution in [3.63, 3.8) is 0 Å². The molecule has 0 atom stereocenters. The van der Waals surface area contributed by atoms with Crippen LogP contribution in [-0.4, -0.2) is 19.2 Å². The number of amides is 1. The quantitative estimate of drug-likeness (QED) is 0.583. The SMILES string of the molecule is COc1cccc(C(=O)NN=Cc2sc3ccccc3c2C)c1. The van der Waals surface area contributed by atoms with Gasteiger partial charge in [0.2, 0.25) is 0 Å². The predicted molar refractivity (Wildman–Crippen MR) is 94.6 cm³/mol. The Morgan fingerprint density at radius 3 is 2.83 bits per heavy atom. The van der Waals surface area contributed by atoms with Crippen molar-refractivity contribution in [2.75, 3.05) is 7.11 Å². The van der Waals surface area contributed by atoms with E-state index in [4.69, 9.17) is 4.74 Å². The molecule has 1 amide bonds. The fourth-order valence-electron chi connectivity index (χ4n) is 2.29. The van der Waals surface area contributed by atoms with Crippen molar-refractivity contribution in [2.24, 2.45) is 5.10 Å². The summed E-state index contributed by atoms with van der Waals surface area (Å²) in [7, 11) is 1.57. The third kappa shape index (κ3) is 3.24. The molecule has 0 saturated carbocycles. The molecule has 1 aromatic heterocycles. The maximum atomic E-state index is 12.1. The number of hydrogen-bond acceptors (Lipinski definition) is 4. The topological polar surface area (TPSA) is 50.7 Å². The van der Waals surface area contributed by atoms with Crippen molar-refractivity contribution < 1.29 is 9.53 Å². The summed E-state index contributed by atoms with van der Waals surface area (Å²) in [5, 5.41) is 5.29. The molecule has 3 rings (SSSR count). The Morgan fingerprint density at radius 1 is 1.22 bits per heavy atom. The minimum atomic E-state index is -0.265. The van der Waals surface area contributed by atoms with Gasteiger partial charge in [0.15, 0.2) is 0 Å². The summed E-state index contributed by atoms with van der Waals surface area (Å²) in [5.74, 6) is 0.376. The van der Waals surface area contributed by atoms with E-state index in [1.54, 1.807) is 48.9 Å². The number of benzene rings is 2. The lowest BCUT2D eigenvalue weighted by Crippen LogP contribution is -2.17. The van der Waals surface area contributed by atoms with E-state index in [2.05, 4.69) is 29.6 Å². The second-order valence-corrected chi connectivity index (χ2v) is 6.10. The second kappa shape index (κ2) is 6.62. The molecule has 5 heteroatoms. The summed E-state index contributed by atoms with van der Waals surface area (Å²) in [5.41, 5.74) is 4.23. The fraction of sp³-hybridized carbons (Fsp3) is 0.111. The van der Waals surface area contributed by atoms with Crippen LogP contribution in [0.3, 0.4) is 0 Å². The largest absolute Gasteiger partial charge is 0.497 e. The molecule has 0 unspecified atom stereocenters. The number of methoxy groups -OCH3 is 1. The van der Waals surface area contributed by atoms with E-state index in [0.29, 0.717) is 11.3 Å². The van der Waals surface area contributed by atoms with Crippen molar-refractivity contribution in [3.8, 4) is 5.75 Å². The van der Waals surface area contributed by atoms with Crippen LogP contribution >= 0.6 is 11.3 Å². The normalized spacial score (nSPS) is 11.0. The highest BCUT2D eigenvalue weighted by Gasteiger charge is 2.07. The number of thiophene rings is 1. The molecule has 0 saturated heterocycles. The standard InChI is InChI=1S/C18H16N2O2S/c1-12-15-8-3-4-9-16(15)23-17(12)11-19-20-18(21)13-6-5-7-14(10-13)22-2/h3-11H,1-2H3,(H,20,21). The molecule has 23 heavy (non-hydrogen) atoms. The van der Waals surface area contributed by atoms with Crippen LogP contribution in [0.1, 0.15) is 20.8 Å². The van der Waals surface area contributed by atoms with Gasteiger partial charge in [0, 0.05) is 10.3 Å². The van der Waals surface area contributed by atoms with Gasteiger partial charge < -0.3 is 4.74 Å². The molecule has 116 valence electrons. The van der Waals surface area contributed by atoms with Crippen molar-refractivity contribution >= 4 is 33.5 Å². The summed E-state index contributed by atoms with van der Waals surface area (Å²) in [6, 6.07) is 15.2. The summed E-state index contributed by atoms with van der Waals surface area (Å²) >= 11 is 1.66. The summed E-state index contributed by atoms with van der Waals surface area (Å²) in [6.07, 6.45) is 1.69. The lowest BCUT2D eigenvalue weighted by atomic mass is 10.1. The monoisotopic (exact) mass is 324 g/mol. The number of nitrogens with zero attached hydrogens (tertiary/aromatic N) is 1. The zero-order valence-electron chi connectivity index (χ0n) is 12.9. The molecular weight excluding hydrogens is 308 g/mol. The highest BCUT2D eigenvalue weighted by atomic mass is 32.1. The van der Waals surface area contributed by atoms with E-state index in [9.17, 15) is 4.79 Å². The number of hydrazone groups is 1. The van der Waals surface area contributed by atoms with Crippen molar-refractivity contribution in [1.29, 1.82) is 0 Å². The zero-order valence-corrected chi connectivity index (χ0v) is 13.7. The van der Waals surface area contributed by atoms with Crippen LogP contribution in [0.4, 0.5) is 0 Å². The Hall–Kier alpha value is -2.66. The van der Waals surface area contributed by atoms with Crippen molar-refractivity contribution in [2.45, 2.75) is 6.92 Å². The molecule has 2 aromatic carbocycles. The van der Waals surface area contributed by atoms with Gasteiger partial charge in [-0.1, -0.05) is 24.3 Å². The van der Waals surface area contributed by atoms with Gasteiger partial charge in [-0.2, -0.15) is 5.10 Å². The van der Waals surface area contributed by atoms with E-state index in [1.165, 1.54) is 15.6 Å². The van der Waals surface area contributed by atoms with E-state index in [1.807, 2.05) is 12.1 Å². The molecule has 0 aliphatic rings. The number of fused-ring (bicyclic) bond motifs is 1. The number of carbonyl (C=O) groups is 1. The molecule has 1 heterocycles. The molecule has 0 radical (unpaired) electrons. The molecule has 3 aromatic rings. The van der Waals surface area contributed by atoms with E-state index in [-0.39, 0.29) is 5.91 Å². The minimum Gasteiger partial charge on any atom is -0.497 e. The van der Waals surface area contributed by atoms with E-state index >= 15 is 0 Å². The van der Waals surface area contributed by atoms with Crippen molar-refractivity contribution in [1.82, 2.24) is 5.43 Å². The number of ether oxygens (including phenoxy) is 1. The van der Waals surface area contributed by atoms with Crippen LogP contribution in [0, 0.1) is 6.92 Å². The Bertz CT molecular complexity index is 884. The van der Waals surface area contributed by atoms with Crippen molar-refractivity contribution in [3.05, 3.63) is 64.5 Å². The van der Waals surface area contributed by atoms with Gasteiger partial charge in [0.05, 0.1) is 18.2 Å². The lowest BCUT2D eigenvalue weighted by Gasteiger charge is -2.02. The summed E-state index contributed by atoms with van der Waals surface area (Å²) in [6.45, 7) is 2.06. The van der Waals surface area contributed by atoms with Crippen LogP contribution in [0.2, 0.25) is 0 Å². The highest BCUT2D eigenvalue weighted by Crippen LogP contribution is 2.29. The number of hydrogen-bond donors (Lipinski definition) is 1. The van der Waals surface area contributed by atoms with Crippen LogP contribution in [0.25, 0.3) is 10.1 Å². The Morgan fingerprint density at radius 2 is 2.04 bits per heavy atom. The number of rotatable bonds is 4. The average Bonchev–Trinajstić information content (AvgIpc) is 2.91. The molecule has 0 bridgehead atoms. The first kappa shape index (κ1) is 15.2.